The van der Waals surface area contributed by atoms with Crippen molar-refractivity contribution in [1.29, 1.82) is 0 Å². The lowest BCUT2D eigenvalue weighted by Crippen LogP contribution is -2.57. The first-order valence-electron chi connectivity index (χ1n) is 12.5. The van der Waals surface area contributed by atoms with E-state index in [1.165, 1.54) is 0 Å². The predicted molar refractivity (Wildman–Crippen MR) is 133 cm³/mol. The summed E-state index contributed by atoms with van der Waals surface area (Å²) in [6.07, 6.45) is 2.93. The molecule has 3 atom stereocenters. The molecule has 0 spiro atoms. The minimum atomic E-state index is -0.699. The molecule has 3 heterocycles. The maximum absolute atomic E-state index is 13.8. The maximum Gasteiger partial charge on any atom is 0.255 e. The number of benzene rings is 2. The molecule has 2 aliphatic heterocycles. The van der Waals surface area contributed by atoms with Crippen LogP contribution in [0, 0.1) is 5.92 Å². The fourth-order valence-electron chi connectivity index (χ4n) is 5.64. The zero-order valence-corrected chi connectivity index (χ0v) is 20.0. The van der Waals surface area contributed by atoms with Crippen molar-refractivity contribution < 1.29 is 14.4 Å². The molecule has 7 nitrogen and oxygen atoms in total. The van der Waals surface area contributed by atoms with Gasteiger partial charge in [0.2, 0.25) is 11.8 Å². The summed E-state index contributed by atoms with van der Waals surface area (Å²) in [5, 5.41) is 7.13. The van der Waals surface area contributed by atoms with E-state index in [2.05, 4.69) is 21.7 Å². The van der Waals surface area contributed by atoms with Gasteiger partial charge in [0, 0.05) is 34.6 Å². The Hall–Kier alpha value is -3.61. The number of nitrogens with one attached hydrogen (secondary N) is 3. The third kappa shape index (κ3) is 3.70. The van der Waals surface area contributed by atoms with Crippen LogP contribution in [0.5, 0.6) is 0 Å². The highest BCUT2D eigenvalue weighted by Gasteiger charge is 2.49. The highest BCUT2D eigenvalue weighted by atomic mass is 16.2. The van der Waals surface area contributed by atoms with Crippen LogP contribution in [0.4, 0.5) is 0 Å². The number of para-hydroxylation sites is 1. The average molecular weight is 471 g/mol. The normalized spacial score (nSPS) is 21.5. The Bertz CT molecular complexity index is 1340. The number of hydrogen-bond donors (Lipinski definition) is 3. The van der Waals surface area contributed by atoms with Gasteiger partial charge in [0.25, 0.3) is 5.91 Å². The number of nitrogens with zero attached hydrogens (tertiary/aromatic N) is 1. The van der Waals surface area contributed by atoms with Gasteiger partial charge < -0.3 is 20.5 Å². The van der Waals surface area contributed by atoms with Gasteiger partial charge in [0.05, 0.1) is 6.04 Å². The highest BCUT2D eigenvalue weighted by Crippen LogP contribution is 2.46. The van der Waals surface area contributed by atoms with Crippen molar-refractivity contribution in [3.63, 3.8) is 0 Å². The number of aromatic amines is 1. The van der Waals surface area contributed by atoms with Crippen molar-refractivity contribution in [1.82, 2.24) is 20.5 Å². The first kappa shape index (κ1) is 21.9. The third-order valence-electron chi connectivity index (χ3n) is 7.42. The lowest BCUT2D eigenvalue weighted by atomic mass is 9.89. The molecule has 35 heavy (non-hydrogen) atoms. The van der Waals surface area contributed by atoms with Crippen molar-refractivity contribution in [2.45, 2.75) is 63.7 Å². The van der Waals surface area contributed by atoms with Crippen LogP contribution in [0.2, 0.25) is 0 Å². The largest absolute Gasteiger partial charge is 0.356 e. The quantitative estimate of drug-likeness (QED) is 0.515. The van der Waals surface area contributed by atoms with Crippen molar-refractivity contribution in [3.8, 4) is 0 Å². The summed E-state index contributed by atoms with van der Waals surface area (Å²) < 4.78 is 0. The van der Waals surface area contributed by atoms with Crippen LogP contribution < -0.4 is 10.6 Å². The second kappa shape index (κ2) is 8.26. The molecular formula is C28H30N4O3. The van der Waals surface area contributed by atoms with E-state index in [0.29, 0.717) is 18.4 Å². The highest BCUT2D eigenvalue weighted by molar-refractivity contribution is 6.04. The first-order valence-corrected chi connectivity index (χ1v) is 12.5. The Morgan fingerprint density at radius 3 is 2.60 bits per heavy atom. The Labute approximate surface area is 204 Å². The van der Waals surface area contributed by atoms with Gasteiger partial charge in [-0.3, -0.25) is 14.4 Å². The zero-order valence-electron chi connectivity index (χ0n) is 20.0. The minimum Gasteiger partial charge on any atom is -0.356 e. The van der Waals surface area contributed by atoms with Crippen molar-refractivity contribution in [2.75, 3.05) is 0 Å². The number of rotatable bonds is 6. The molecule has 180 valence electrons. The number of carbonyl (C=O) groups is 3. The van der Waals surface area contributed by atoms with Gasteiger partial charge >= 0.3 is 0 Å². The second-order valence-electron chi connectivity index (χ2n) is 10.5. The number of aromatic nitrogens is 1. The van der Waals surface area contributed by atoms with Crippen molar-refractivity contribution >= 4 is 28.6 Å². The summed E-state index contributed by atoms with van der Waals surface area (Å²) in [6, 6.07) is 14.2. The summed E-state index contributed by atoms with van der Waals surface area (Å²) >= 11 is 0. The summed E-state index contributed by atoms with van der Waals surface area (Å²) in [4.78, 5) is 45.6. The summed E-state index contributed by atoms with van der Waals surface area (Å²) in [5.74, 6) is -0.311. The number of carbonyl (C=O) groups excluding carboxylic acids is 3. The molecule has 1 aromatic heterocycles. The van der Waals surface area contributed by atoms with E-state index in [0.717, 1.165) is 40.6 Å². The predicted octanol–water partition coefficient (Wildman–Crippen LogP) is 3.45. The van der Waals surface area contributed by atoms with Crippen LogP contribution in [0.3, 0.4) is 0 Å². The van der Waals surface area contributed by atoms with Gasteiger partial charge in [-0.15, -0.1) is 0 Å². The molecule has 0 unspecified atom stereocenters. The van der Waals surface area contributed by atoms with Crippen LogP contribution >= 0.6 is 0 Å². The van der Waals surface area contributed by atoms with Gasteiger partial charge in [-0.05, 0) is 48.4 Å². The van der Waals surface area contributed by atoms with Gasteiger partial charge in [-0.1, -0.05) is 50.2 Å². The smallest absolute Gasteiger partial charge is 0.255 e. The topological polar surface area (TPSA) is 94.3 Å². The molecule has 1 saturated carbocycles. The minimum absolute atomic E-state index is 0.134. The fourth-order valence-corrected chi connectivity index (χ4v) is 5.64. The number of fused-ring (bicyclic) bond motifs is 7. The molecule has 6 rings (SSSR count). The molecule has 1 fully saturated rings. The van der Waals surface area contributed by atoms with Crippen LogP contribution in [-0.2, 0) is 16.0 Å². The van der Waals surface area contributed by atoms with Gasteiger partial charge in [0.15, 0.2) is 0 Å². The van der Waals surface area contributed by atoms with E-state index < -0.39 is 12.1 Å². The molecule has 1 aliphatic carbocycles. The molecule has 2 aromatic carbocycles. The Morgan fingerprint density at radius 1 is 1.09 bits per heavy atom. The van der Waals surface area contributed by atoms with E-state index in [-0.39, 0.29) is 35.7 Å². The molecule has 0 bridgehead atoms. The van der Waals surface area contributed by atoms with Crippen LogP contribution in [0.25, 0.3) is 10.9 Å². The molecular weight excluding hydrogens is 440 g/mol. The summed E-state index contributed by atoms with van der Waals surface area (Å²) in [5.41, 5.74) is 4.57. The Balaban J connectivity index is 1.38. The van der Waals surface area contributed by atoms with E-state index in [1.54, 1.807) is 4.90 Å². The molecule has 7 heteroatoms. The number of H-pyrrole nitrogens is 1. The standard InChI is InChI=1S/C28H30N4O3/c1-15(2)13-22(26(33)29-16-11-12-16)31-27(34)23-14-20-17-7-5-6-10-21(17)30-24(20)25-18-8-3-4-9-19(18)28(35)32(23)25/h3-10,15-16,22-23,25,30H,11-14H2,1-2H3,(H,29,33)(H,31,34)/t22-,23+,25-/m0/s1. The third-order valence-corrected chi connectivity index (χ3v) is 7.42. The van der Waals surface area contributed by atoms with Crippen molar-refractivity contribution in [2.24, 2.45) is 5.92 Å². The molecule has 3 N–H and O–H groups in total. The van der Waals surface area contributed by atoms with Crippen LogP contribution in [-0.4, -0.2) is 45.7 Å². The maximum atomic E-state index is 13.8. The van der Waals surface area contributed by atoms with Gasteiger partial charge in [0.1, 0.15) is 12.1 Å². The second-order valence-corrected chi connectivity index (χ2v) is 10.5. The Kier molecular flexibility index (Phi) is 5.16. The zero-order chi connectivity index (χ0) is 24.3. The van der Waals surface area contributed by atoms with E-state index in [4.69, 9.17) is 0 Å². The lowest BCUT2D eigenvalue weighted by Gasteiger charge is -2.37. The lowest BCUT2D eigenvalue weighted by molar-refractivity contribution is -0.132. The summed E-state index contributed by atoms with van der Waals surface area (Å²) in [6.45, 7) is 4.08. The Morgan fingerprint density at radius 2 is 1.83 bits per heavy atom. The molecule has 3 amide bonds. The number of hydrogen-bond acceptors (Lipinski definition) is 3. The first-order chi connectivity index (χ1) is 16.9. The van der Waals surface area contributed by atoms with Gasteiger partial charge in [-0.2, -0.15) is 0 Å². The summed E-state index contributed by atoms with van der Waals surface area (Å²) in [7, 11) is 0. The van der Waals surface area contributed by atoms with Crippen LogP contribution in [0.1, 0.15) is 66.3 Å². The molecule has 3 aromatic rings. The SMILES string of the molecule is CC(C)C[C@H](NC(=O)[C@H]1Cc2c([nH]c3ccccc23)[C@@H]2c3ccccc3C(=O)N21)C(=O)NC1CC1. The van der Waals surface area contributed by atoms with E-state index in [1.807, 2.05) is 56.3 Å². The van der Waals surface area contributed by atoms with Crippen LogP contribution in [0.15, 0.2) is 48.5 Å². The fraction of sp³-hybridized carbons (Fsp3) is 0.393. The molecule has 0 radical (unpaired) electrons. The van der Waals surface area contributed by atoms with E-state index >= 15 is 0 Å². The monoisotopic (exact) mass is 470 g/mol. The van der Waals surface area contributed by atoms with Crippen molar-refractivity contribution in [3.05, 3.63) is 70.9 Å². The average Bonchev–Trinajstić information content (AvgIpc) is 3.51. The number of amides is 3. The molecule has 3 aliphatic rings. The van der Waals surface area contributed by atoms with E-state index in [9.17, 15) is 14.4 Å². The molecule has 0 saturated heterocycles. The van der Waals surface area contributed by atoms with Gasteiger partial charge in [-0.25, -0.2) is 0 Å².